The SMILES string of the molecule is CN(C)CCNc1ccnc(C(=O)NCCc2ccccc2)c1. The normalized spacial score (nSPS) is 10.6. The number of hydrogen-bond donors (Lipinski definition) is 2. The highest BCUT2D eigenvalue weighted by molar-refractivity contribution is 5.93. The van der Waals surface area contributed by atoms with Gasteiger partial charge < -0.3 is 15.5 Å². The molecule has 122 valence electrons. The van der Waals surface area contributed by atoms with Crippen molar-refractivity contribution in [2.75, 3.05) is 39.0 Å². The van der Waals surface area contributed by atoms with E-state index in [4.69, 9.17) is 0 Å². The van der Waals surface area contributed by atoms with Crippen LogP contribution in [-0.4, -0.2) is 49.5 Å². The minimum atomic E-state index is -0.141. The minimum Gasteiger partial charge on any atom is -0.384 e. The van der Waals surface area contributed by atoms with E-state index in [1.54, 1.807) is 12.3 Å². The van der Waals surface area contributed by atoms with E-state index in [2.05, 4.69) is 32.7 Å². The maximum Gasteiger partial charge on any atom is 0.269 e. The fourth-order valence-corrected chi connectivity index (χ4v) is 2.14. The van der Waals surface area contributed by atoms with Gasteiger partial charge in [0.25, 0.3) is 5.91 Å². The predicted molar refractivity (Wildman–Crippen MR) is 93.8 cm³/mol. The van der Waals surface area contributed by atoms with Crippen LogP contribution in [0.4, 0.5) is 5.69 Å². The van der Waals surface area contributed by atoms with Crippen molar-refractivity contribution in [1.82, 2.24) is 15.2 Å². The molecule has 0 unspecified atom stereocenters. The molecule has 0 saturated carbocycles. The minimum absolute atomic E-state index is 0.141. The number of pyridine rings is 1. The van der Waals surface area contributed by atoms with Gasteiger partial charge in [-0.2, -0.15) is 0 Å². The van der Waals surface area contributed by atoms with Crippen LogP contribution in [0.25, 0.3) is 0 Å². The number of nitrogens with one attached hydrogen (secondary N) is 2. The van der Waals surface area contributed by atoms with Crippen molar-refractivity contribution in [1.29, 1.82) is 0 Å². The van der Waals surface area contributed by atoms with Crippen LogP contribution in [0.15, 0.2) is 48.7 Å². The lowest BCUT2D eigenvalue weighted by Gasteiger charge is -2.12. The van der Waals surface area contributed by atoms with Gasteiger partial charge in [0, 0.05) is 31.5 Å². The van der Waals surface area contributed by atoms with Crippen LogP contribution in [0.2, 0.25) is 0 Å². The molecule has 0 aliphatic carbocycles. The quantitative estimate of drug-likeness (QED) is 0.783. The van der Waals surface area contributed by atoms with Gasteiger partial charge in [-0.15, -0.1) is 0 Å². The number of anilines is 1. The van der Waals surface area contributed by atoms with E-state index in [-0.39, 0.29) is 5.91 Å². The standard InChI is InChI=1S/C18H24N4O/c1-22(2)13-12-19-16-9-11-20-17(14-16)18(23)21-10-8-15-6-4-3-5-7-15/h3-7,9,11,14H,8,10,12-13H2,1-2H3,(H,19,20)(H,21,23). The zero-order valence-corrected chi connectivity index (χ0v) is 13.7. The van der Waals surface area contributed by atoms with Crippen LogP contribution in [0.5, 0.6) is 0 Å². The average Bonchev–Trinajstić information content (AvgIpc) is 2.56. The molecule has 2 N–H and O–H groups in total. The number of hydrogen-bond acceptors (Lipinski definition) is 4. The molecule has 0 atom stereocenters. The Kier molecular flexibility index (Phi) is 6.56. The van der Waals surface area contributed by atoms with Gasteiger partial charge in [-0.1, -0.05) is 30.3 Å². The van der Waals surface area contributed by atoms with Crippen molar-refractivity contribution in [3.63, 3.8) is 0 Å². The van der Waals surface area contributed by atoms with Crippen LogP contribution in [0.3, 0.4) is 0 Å². The van der Waals surface area contributed by atoms with Crippen LogP contribution < -0.4 is 10.6 Å². The van der Waals surface area contributed by atoms with E-state index in [0.29, 0.717) is 12.2 Å². The molecule has 23 heavy (non-hydrogen) atoms. The highest BCUT2D eigenvalue weighted by Gasteiger charge is 2.07. The molecule has 0 aliphatic heterocycles. The molecule has 5 heteroatoms. The third kappa shape index (κ3) is 6.08. The van der Waals surface area contributed by atoms with Gasteiger partial charge in [0.05, 0.1) is 0 Å². The van der Waals surface area contributed by atoms with Crippen LogP contribution in [0, 0.1) is 0 Å². The summed E-state index contributed by atoms with van der Waals surface area (Å²) < 4.78 is 0. The van der Waals surface area contributed by atoms with Gasteiger partial charge in [0.1, 0.15) is 5.69 Å². The Labute approximate surface area is 137 Å². The number of likely N-dealkylation sites (N-methyl/N-ethyl adjacent to an activating group) is 1. The molecule has 2 aromatic rings. The molecule has 0 aliphatic rings. The van der Waals surface area contributed by atoms with Crippen molar-refractivity contribution in [2.45, 2.75) is 6.42 Å². The van der Waals surface area contributed by atoms with Gasteiger partial charge in [-0.05, 0) is 38.2 Å². The van der Waals surface area contributed by atoms with E-state index in [1.165, 1.54) is 5.56 Å². The van der Waals surface area contributed by atoms with E-state index in [0.717, 1.165) is 25.2 Å². The zero-order valence-electron chi connectivity index (χ0n) is 13.7. The molecule has 0 radical (unpaired) electrons. The smallest absolute Gasteiger partial charge is 0.269 e. The molecule has 0 saturated heterocycles. The summed E-state index contributed by atoms with van der Waals surface area (Å²) >= 11 is 0. The van der Waals surface area contributed by atoms with Crippen molar-refractivity contribution in [2.24, 2.45) is 0 Å². The third-order valence-corrected chi connectivity index (χ3v) is 3.42. The first kappa shape index (κ1) is 17.0. The number of carbonyl (C=O) groups is 1. The van der Waals surface area contributed by atoms with Crippen molar-refractivity contribution < 1.29 is 4.79 Å². The summed E-state index contributed by atoms with van der Waals surface area (Å²) in [6.07, 6.45) is 2.47. The monoisotopic (exact) mass is 312 g/mol. The summed E-state index contributed by atoms with van der Waals surface area (Å²) in [4.78, 5) is 18.4. The second-order valence-corrected chi connectivity index (χ2v) is 5.65. The number of benzene rings is 1. The first-order valence-corrected chi connectivity index (χ1v) is 7.82. The Balaban J connectivity index is 1.82. The summed E-state index contributed by atoms with van der Waals surface area (Å²) in [5.41, 5.74) is 2.56. The number of amides is 1. The van der Waals surface area contributed by atoms with Gasteiger partial charge in [0.15, 0.2) is 0 Å². The Morgan fingerprint density at radius 1 is 1.13 bits per heavy atom. The second-order valence-electron chi connectivity index (χ2n) is 5.65. The summed E-state index contributed by atoms with van der Waals surface area (Å²) in [7, 11) is 4.06. The van der Waals surface area contributed by atoms with E-state index in [9.17, 15) is 4.79 Å². The first-order valence-electron chi connectivity index (χ1n) is 7.82. The number of nitrogens with zero attached hydrogens (tertiary/aromatic N) is 2. The van der Waals surface area contributed by atoms with Crippen molar-refractivity contribution in [3.05, 3.63) is 59.9 Å². The molecule has 5 nitrogen and oxygen atoms in total. The average molecular weight is 312 g/mol. The summed E-state index contributed by atoms with van der Waals surface area (Å²) in [5, 5.41) is 6.20. The fraction of sp³-hybridized carbons (Fsp3) is 0.333. The Hall–Kier alpha value is -2.40. The van der Waals surface area contributed by atoms with Crippen molar-refractivity contribution >= 4 is 11.6 Å². The highest BCUT2D eigenvalue weighted by Crippen LogP contribution is 2.07. The van der Waals surface area contributed by atoms with E-state index in [1.807, 2.05) is 38.4 Å². The van der Waals surface area contributed by atoms with E-state index >= 15 is 0 Å². The second kappa shape index (κ2) is 8.90. The van der Waals surface area contributed by atoms with Crippen molar-refractivity contribution in [3.8, 4) is 0 Å². The maximum absolute atomic E-state index is 12.2. The van der Waals surface area contributed by atoms with Crippen LogP contribution >= 0.6 is 0 Å². The number of aromatic nitrogens is 1. The molecule has 0 bridgehead atoms. The molecule has 1 aromatic heterocycles. The lowest BCUT2D eigenvalue weighted by Crippen LogP contribution is -2.26. The predicted octanol–water partition coefficient (Wildman–Crippen LogP) is 2.03. The molecular formula is C18H24N4O. The molecule has 1 heterocycles. The number of rotatable bonds is 8. The first-order chi connectivity index (χ1) is 11.1. The maximum atomic E-state index is 12.2. The summed E-state index contributed by atoms with van der Waals surface area (Å²) in [6, 6.07) is 13.8. The molecule has 1 amide bonds. The largest absolute Gasteiger partial charge is 0.384 e. The van der Waals surface area contributed by atoms with Crippen LogP contribution in [0.1, 0.15) is 16.1 Å². The zero-order chi connectivity index (χ0) is 16.5. The summed E-state index contributed by atoms with van der Waals surface area (Å²) in [5.74, 6) is -0.141. The number of carbonyl (C=O) groups excluding carboxylic acids is 1. The molecule has 2 rings (SSSR count). The lowest BCUT2D eigenvalue weighted by molar-refractivity contribution is 0.0949. The Bertz CT molecular complexity index is 613. The highest BCUT2D eigenvalue weighted by atomic mass is 16.1. The molecule has 1 aromatic carbocycles. The van der Waals surface area contributed by atoms with Crippen LogP contribution in [-0.2, 0) is 6.42 Å². The lowest BCUT2D eigenvalue weighted by atomic mass is 10.1. The van der Waals surface area contributed by atoms with Gasteiger partial charge in [-0.3, -0.25) is 9.78 Å². The van der Waals surface area contributed by atoms with E-state index < -0.39 is 0 Å². The molecule has 0 fully saturated rings. The Morgan fingerprint density at radius 3 is 2.65 bits per heavy atom. The summed E-state index contributed by atoms with van der Waals surface area (Å²) in [6.45, 7) is 2.36. The topological polar surface area (TPSA) is 57.3 Å². The Morgan fingerprint density at radius 2 is 1.91 bits per heavy atom. The fourth-order valence-electron chi connectivity index (χ4n) is 2.14. The van der Waals surface area contributed by atoms with Gasteiger partial charge in [0.2, 0.25) is 0 Å². The third-order valence-electron chi connectivity index (χ3n) is 3.42. The van der Waals surface area contributed by atoms with Gasteiger partial charge >= 0.3 is 0 Å². The molecular weight excluding hydrogens is 288 g/mol. The van der Waals surface area contributed by atoms with Gasteiger partial charge in [-0.25, -0.2) is 0 Å². The molecule has 0 spiro atoms.